The monoisotopic (exact) mass is 223 g/mol. The van der Waals surface area contributed by atoms with Gasteiger partial charge in [0.1, 0.15) is 0 Å². The Morgan fingerprint density at radius 1 is 1.62 bits per heavy atom. The number of aromatic nitrogens is 1. The van der Waals surface area contributed by atoms with Gasteiger partial charge < -0.3 is 15.4 Å². The summed E-state index contributed by atoms with van der Waals surface area (Å²) in [5, 5.41) is 13.1. The van der Waals surface area contributed by atoms with Crippen LogP contribution in [0.15, 0.2) is 18.3 Å². The molecule has 6 nitrogen and oxygen atoms in total. The van der Waals surface area contributed by atoms with E-state index in [0.717, 1.165) is 6.42 Å². The molecule has 0 spiro atoms. The Bertz CT molecular complexity index is 389. The van der Waals surface area contributed by atoms with E-state index in [1.54, 1.807) is 0 Å². The van der Waals surface area contributed by atoms with Crippen LogP contribution in [0.3, 0.4) is 0 Å². The second kappa shape index (κ2) is 5.20. The first kappa shape index (κ1) is 12.1. The second-order valence-electron chi connectivity index (χ2n) is 3.44. The number of carbonyl (C=O) groups excluding carboxylic acids is 1. The molecule has 1 amide bonds. The minimum absolute atomic E-state index is 0.0719. The van der Waals surface area contributed by atoms with Crippen LogP contribution in [-0.4, -0.2) is 21.9 Å². The summed E-state index contributed by atoms with van der Waals surface area (Å²) >= 11 is 0. The van der Waals surface area contributed by atoms with E-state index in [2.05, 4.69) is 10.3 Å². The number of hydrogen-bond acceptors (Lipinski definition) is 4. The van der Waals surface area contributed by atoms with Gasteiger partial charge in [0.05, 0.1) is 5.56 Å². The van der Waals surface area contributed by atoms with Crippen LogP contribution in [0.5, 0.6) is 0 Å². The lowest BCUT2D eigenvalue weighted by molar-refractivity contribution is -0.389. The Kier molecular flexibility index (Phi) is 3.93. The van der Waals surface area contributed by atoms with Crippen LogP contribution in [0.1, 0.15) is 30.6 Å². The normalized spacial score (nSPS) is 11.9. The van der Waals surface area contributed by atoms with E-state index in [1.165, 1.54) is 18.3 Å². The third-order valence-corrected chi connectivity index (χ3v) is 2.19. The molecule has 0 aliphatic heterocycles. The zero-order valence-electron chi connectivity index (χ0n) is 9.14. The summed E-state index contributed by atoms with van der Waals surface area (Å²) in [7, 11) is 0. The Balaban J connectivity index is 2.74. The maximum Gasteiger partial charge on any atom is 0.363 e. The van der Waals surface area contributed by atoms with Gasteiger partial charge in [-0.05, 0) is 29.3 Å². The van der Waals surface area contributed by atoms with Crippen LogP contribution in [-0.2, 0) is 0 Å². The predicted molar refractivity (Wildman–Crippen MR) is 58.1 cm³/mol. The summed E-state index contributed by atoms with van der Waals surface area (Å²) in [5.74, 6) is -0.531. The Labute approximate surface area is 92.8 Å². The molecule has 1 N–H and O–H groups in total. The molecule has 1 aromatic rings. The quantitative estimate of drug-likeness (QED) is 0.619. The number of hydrogen-bond donors (Lipinski definition) is 1. The lowest BCUT2D eigenvalue weighted by Crippen LogP contribution is -2.31. The summed E-state index contributed by atoms with van der Waals surface area (Å²) in [4.78, 5) is 24.9. The zero-order valence-corrected chi connectivity index (χ0v) is 9.14. The van der Waals surface area contributed by atoms with Crippen LogP contribution in [0.4, 0.5) is 5.82 Å². The topological polar surface area (TPSA) is 85.1 Å². The zero-order chi connectivity index (χ0) is 12.1. The highest BCUT2D eigenvalue weighted by atomic mass is 16.6. The number of nitrogens with one attached hydrogen (secondary N) is 1. The molecule has 0 radical (unpaired) electrons. The Hall–Kier alpha value is -1.98. The molecule has 16 heavy (non-hydrogen) atoms. The van der Waals surface area contributed by atoms with Crippen molar-refractivity contribution in [2.75, 3.05) is 0 Å². The SMILES string of the molecule is CCC(C)NC(=O)c1ccc([N+](=O)[O-])nc1. The fraction of sp³-hybridized carbons (Fsp3) is 0.400. The lowest BCUT2D eigenvalue weighted by Gasteiger charge is -2.10. The number of pyridine rings is 1. The molecule has 1 atom stereocenters. The number of nitro groups is 1. The van der Waals surface area contributed by atoms with Crippen LogP contribution < -0.4 is 5.32 Å². The van der Waals surface area contributed by atoms with Crippen LogP contribution in [0, 0.1) is 10.1 Å². The molecule has 1 rings (SSSR count). The summed E-state index contributed by atoms with van der Waals surface area (Å²) < 4.78 is 0. The minimum atomic E-state index is -0.601. The molecule has 0 aromatic carbocycles. The van der Waals surface area contributed by atoms with Gasteiger partial charge in [-0.3, -0.25) is 4.79 Å². The fourth-order valence-electron chi connectivity index (χ4n) is 1.04. The van der Waals surface area contributed by atoms with Crippen molar-refractivity contribution in [3.05, 3.63) is 34.0 Å². The molecule has 0 fully saturated rings. The van der Waals surface area contributed by atoms with Gasteiger partial charge in [0.25, 0.3) is 5.91 Å². The number of nitrogens with zero attached hydrogens (tertiary/aromatic N) is 2. The van der Waals surface area contributed by atoms with Gasteiger partial charge in [-0.1, -0.05) is 6.92 Å². The lowest BCUT2D eigenvalue weighted by atomic mass is 10.2. The van der Waals surface area contributed by atoms with E-state index in [9.17, 15) is 14.9 Å². The van der Waals surface area contributed by atoms with E-state index < -0.39 is 4.92 Å². The second-order valence-corrected chi connectivity index (χ2v) is 3.44. The van der Waals surface area contributed by atoms with E-state index in [-0.39, 0.29) is 17.8 Å². The molecule has 0 saturated carbocycles. The summed E-state index contributed by atoms with van der Waals surface area (Å²) in [6.45, 7) is 3.84. The summed E-state index contributed by atoms with van der Waals surface area (Å²) in [6.07, 6.45) is 2.03. The van der Waals surface area contributed by atoms with Crippen LogP contribution >= 0.6 is 0 Å². The highest BCUT2D eigenvalue weighted by Gasteiger charge is 2.12. The van der Waals surface area contributed by atoms with Gasteiger partial charge >= 0.3 is 5.82 Å². The van der Waals surface area contributed by atoms with Crippen LogP contribution in [0.25, 0.3) is 0 Å². The van der Waals surface area contributed by atoms with Crippen molar-refractivity contribution in [3.63, 3.8) is 0 Å². The molecule has 0 aliphatic rings. The van der Waals surface area contributed by atoms with Crippen LogP contribution in [0.2, 0.25) is 0 Å². The van der Waals surface area contributed by atoms with Crippen molar-refractivity contribution in [2.24, 2.45) is 0 Å². The third kappa shape index (κ3) is 3.01. The molecule has 0 saturated heterocycles. The highest BCUT2D eigenvalue weighted by Crippen LogP contribution is 2.07. The van der Waals surface area contributed by atoms with Gasteiger partial charge in [-0.15, -0.1) is 0 Å². The molecule has 1 unspecified atom stereocenters. The van der Waals surface area contributed by atoms with Crippen molar-refractivity contribution in [1.29, 1.82) is 0 Å². The fourth-order valence-corrected chi connectivity index (χ4v) is 1.04. The molecular weight excluding hydrogens is 210 g/mol. The van der Waals surface area contributed by atoms with E-state index in [4.69, 9.17) is 0 Å². The van der Waals surface area contributed by atoms with Crippen molar-refractivity contribution in [3.8, 4) is 0 Å². The highest BCUT2D eigenvalue weighted by molar-refractivity contribution is 5.94. The Morgan fingerprint density at radius 3 is 2.75 bits per heavy atom. The number of rotatable bonds is 4. The Morgan fingerprint density at radius 2 is 2.31 bits per heavy atom. The predicted octanol–water partition coefficient (Wildman–Crippen LogP) is 1.52. The summed E-state index contributed by atoms with van der Waals surface area (Å²) in [5.41, 5.74) is 0.325. The number of carbonyl (C=O) groups is 1. The first-order valence-corrected chi connectivity index (χ1v) is 4.96. The first-order chi connectivity index (χ1) is 7.54. The molecule has 0 bridgehead atoms. The number of amides is 1. The standard InChI is InChI=1S/C10H13N3O3/c1-3-7(2)12-10(14)8-4-5-9(11-6-8)13(15)16/h4-7H,3H2,1-2H3,(H,12,14). The largest absolute Gasteiger partial charge is 0.363 e. The molecule has 86 valence electrons. The first-order valence-electron chi connectivity index (χ1n) is 4.96. The van der Waals surface area contributed by atoms with Crippen molar-refractivity contribution < 1.29 is 9.72 Å². The molecule has 6 heteroatoms. The maximum atomic E-state index is 11.6. The van der Waals surface area contributed by atoms with E-state index >= 15 is 0 Å². The third-order valence-electron chi connectivity index (χ3n) is 2.19. The van der Waals surface area contributed by atoms with Gasteiger partial charge in [0.15, 0.2) is 6.20 Å². The maximum absolute atomic E-state index is 11.6. The van der Waals surface area contributed by atoms with E-state index in [0.29, 0.717) is 5.56 Å². The van der Waals surface area contributed by atoms with Gasteiger partial charge in [0.2, 0.25) is 0 Å². The minimum Gasteiger partial charge on any atom is -0.358 e. The molecular formula is C10H13N3O3. The van der Waals surface area contributed by atoms with Gasteiger partial charge in [-0.2, -0.15) is 0 Å². The average Bonchev–Trinajstić information content (AvgIpc) is 2.28. The molecule has 1 heterocycles. The van der Waals surface area contributed by atoms with Gasteiger partial charge in [-0.25, -0.2) is 0 Å². The van der Waals surface area contributed by atoms with Crippen molar-refractivity contribution in [2.45, 2.75) is 26.3 Å². The average molecular weight is 223 g/mol. The van der Waals surface area contributed by atoms with E-state index in [1.807, 2.05) is 13.8 Å². The summed E-state index contributed by atoms with van der Waals surface area (Å²) in [6, 6.07) is 2.68. The smallest absolute Gasteiger partial charge is 0.358 e. The molecule has 0 aliphatic carbocycles. The van der Waals surface area contributed by atoms with Gasteiger partial charge in [0, 0.05) is 12.1 Å². The molecule has 1 aromatic heterocycles. The van der Waals surface area contributed by atoms with Crippen molar-refractivity contribution in [1.82, 2.24) is 10.3 Å². The van der Waals surface area contributed by atoms with Crippen molar-refractivity contribution >= 4 is 11.7 Å².